The fourth-order valence-electron chi connectivity index (χ4n) is 2.54. The highest BCUT2D eigenvalue weighted by Crippen LogP contribution is 2.06. The van der Waals surface area contributed by atoms with Crippen molar-refractivity contribution in [2.24, 2.45) is 17.6 Å². The molecule has 0 heterocycles. The summed E-state index contributed by atoms with van der Waals surface area (Å²) in [4.78, 5) is 59.4. The van der Waals surface area contributed by atoms with Gasteiger partial charge in [0.05, 0.1) is 12.6 Å². The minimum atomic E-state index is -1.50. The van der Waals surface area contributed by atoms with E-state index in [1.54, 1.807) is 27.7 Å². The lowest BCUT2D eigenvalue weighted by molar-refractivity contribution is -0.143. The summed E-state index contributed by atoms with van der Waals surface area (Å²) in [5, 5.41) is 34.4. The van der Waals surface area contributed by atoms with Gasteiger partial charge in [0.2, 0.25) is 17.7 Å². The van der Waals surface area contributed by atoms with E-state index in [-0.39, 0.29) is 24.7 Å². The predicted molar refractivity (Wildman–Crippen MR) is 110 cm³/mol. The lowest BCUT2D eigenvalue weighted by Gasteiger charge is -2.25. The third-order valence-corrected chi connectivity index (χ3v) is 4.44. The predicted octanol–water partition coefficient (Wildman–Crippen LogP) is -1.59. The molecule has 0 aromatic rings. The van der Waals surface area contributed by atoms with Gasteiger partial charge in [0, 0.05) is 6.42 Å². The van der Waals surface area contributed by atoms with Crippen molar-refractivity contribution < 1.29 is 39.3 Å². The van der Waals surface area contributed by atoms with Gasteiger partial charge >= 0.3 is 11.9 Å². The quantitative estimate of drug-likeness (QED) is 0.164. The van der Waals surface area contributed by atoms with Crippen LogP contribution in [0.3, 0.4) is 0 Å². The standard InChI is InChI=1S/C19H34N4O8/c1-9(2)7-12(19(30)31)22-17(28)13(8-24)23-16(27)11(5-6-14(25)26)21-18(29)15(20)10(3)4/h9-13,15,24H,5-8,20H2,1-4H3,(H,21,29)(H,22,28)(H,23,27)(H,25,26)(H,30,31). The average molecular weight is 447 g/mol. The second-order valence-corrected chi connectivity index (χ2v) is 8.04. The van der Waals surface area contributed by atoms with Crippen LogP contribution < -0.4 is 21.7 Å². The molecule has 0 radical (unpaired) electrons. The molecule has 0 spiro atoms. The highest BCUT2D eigenvalue weighted by molar-refractivity contribution is 5.94. The summed E-state index contributed by atoms with van der Waals surface area (Å²) in [6.07, 6.45) is -0.582. The van der Waals surface area contributed by atoms with Gasteiger partial charge < -0.3 is 37.0 Å². The number of carboxylic acids is 2. The number of nitrogens with one attached hydrogen (secondary N) is 3. The van der Waals surface area contributed by atoms with Crippen LogP contribution in [-0.2, 0) is 24.0 Å². The maximum atomic E-state index is 12.6. The zero-order valence-electron chi connectivity index (χ0n) is 18.3. The summed E-state index contributed by atoms with van der Waals surface area (Å²) in [7, 11) is 0. The van der Waals surface area contributed by atoms with Crippen molar-refractivity contribution in [3.8, 4) is 0 Å². The number of hydrogen-bond acceptors (Lipinski definition) is 7. The van der Waals surface area contributed by atoms with Gasteiger partial charge in [-0.15, -0.1) is 0 Å². The Morgan fingerprint density at radius 3 is 1.71 bits per heavy atom. The first-order chi connectivity index (χ1) is 14.3. The van der Waals surface area contributed by atoms with Crippen LogP contribution in [0.1, 0.15) is 47.0 Å². The fraction of sp³-hybridized carbons (Fsp3) is 0.737. The van der Waals surface area contributed by atoms with Gasteiger partial charge in [0.25, 0.3) is 0 Å². The van der Waals surface area contributed by atoms with E-state index in [1.807, 2.05) is 0 Å². The minimum absolute atomic E-state index is 0.0376. The molecule has 0 aliphatic carbocycles. The third-order valence-electron chi connectivity index (χ3n) is 4.44. The third kappa shape index (κ3) is 10.7. The van der Waals surface area contributed by atoms with Gasteiger partial charge in [-0.25, -0.2) is 4.79 Å². The Kier molecular flexibility index (Phi) is 12.4. The number of hydrogen-bond donors (Lipinski definition) is 7. The second-order valence-electron chi connectivity index (χ2n) is 8.04. The van der Waals surface area contributed by atoms with Gasteiger partial charge in [-0.2, -0.15) is 0 Å². The number of nitrogens with two attached hydrogens (primary N) is 1. The molecule has 12 nitrogen and oxygen atoms in total. The summed E-state index contributed by atoms with van der Waals surface area (Å²) in [6, 6.07) is -4.97. The zero-order valence-corrected chi connectivity index (χ0v) is 18.3. The fourth-order valence-corrected chi connectivity index (χ4v) is 2.54. The van der Waals surface area contributed by atoms with E-state index >= 15 is 0 Å². The lowest BCUT2D eigenvalue weighted by Crippen LogP contribution is -2.58. The Hall–Kier alpha value is -2.73. The Morgan fingerprint density at radius 1 is 0.806 bits per heavy atom. The molecular weight excluding hydrogens is 412 g/mol. The highest BCUT2D eigenvalue weighted by atomic mass is 16.4. The maximum Gasteiger partial charge on any atom is 0.326 e. The normalized spacial score (nSPS) is 15.0. The molecule has 4 unspecified atom stereocenters. The molecule has 0 rings (SSSR count). The van der Waals surface area contributed by atoms with Crippen molar-refractivity contribution >= 4 is 29.7 Å². The molecule has 0 bridgehead atoms. The number of aliphatic hydroxyl groups is 1. The Bertz CT molecular complexity index is 653. The molecule has 0 saturated heterocycles. The molecule has 8 N–H and O–H groups in total. The van der Waals surface area contributed by atoms with Gasteiger partial charge in [-0.05, 0) is 24.7 Å². The molecule has 12 heteroatoms. The van der Waals surface area contributed by atoms with E-state index in [9.17, 15) is 34.2 Å². The topological polar surface area (TPSA) is 208 Å². The van der Waals surface area contributed by atoms with E-state index in [2.05, 4.69) is 16.0 Å². The number of carbonyl (C=O) groups is 5. The molecule has 178 valence electrons. The van der Waals surface area contributed by atoms with Crippen LogP contribution in [0.25, 0.3) is 0 Å². The molecule has 0 saturated carbocycles. The molecule has 4 atom stereocenters. The first kappa shape index (κ1) is 28.3. The van der Waals surface area contributed by atoms with Crippen molar-refractivity contribution in [2.45, 2.75) is 71.1 Å². The number of amides is 3. The molecule has 3 amide bonds. The van der Waals surface area contributed by atoms with Gasteiger partial charge in [0.1, 0.15) is 18.1 Å². The monoisotopic (exact) mass is 446 g/mol. The maximum absolute atomic E-state index is 12.6. The summed E-state index contributed by atoms with van der Waals surface area (Å²) in [6.45, 7) is 6.09. The summed E-state index contributed by atoms with van der Waals surface area (Å²) >= 11 is 0. The smallest absolute Gasteiger partial charge is 0.326 e. The molecule has 0 aromatic carbocycles. The summed E-state index contributed by atoms with van der Waals surface area (Å²) in [5.74, 6) is -5.25. The number of aliphatic carboxylic acids is 2. The average Bonchev–Trinajstić information content (AvgIpc) is 2.66. The SMILES string of the molecule is CC(C)CC(NC(=O)C(CO)NC(=O)C(CCC(=O)O)NC(=O)C(N)C(C)C)C(=O)O. The van der Waals surface area contributed by atoms with Crippen molar-refractivity contribution in [2.75, 3.05) is 6.61 Å². The Balaban J connectivity index is 5.30. The highest BCUT2D eigenvalue weighted by Gasteiger charge is 2.30. The van der Waals surface area contributed by atoms with Gasteiger partial charge in [0.15, 0.2) is 0 Å². The number of carboxylic acid groups (broad SMARTS) is 2. The molecule has 0 aromatic heterocycles. The Morgan fingerprint density at radius 2 is 1.29 bits per heavy atom. The number of carbonyl (C=O) groups excluding carboxylic acids is 3. The van der Waals surface area contributed by atoms with Crippen LogP contribution in [-0.4, -0.2) is 75.8 Å². The molecule has 0 aliphatic rings. The van der Waals surface area contributed by atoms with E-state index in [1.165, 1.54) is 0 Å². The molecule has 0 aliphatic heterocycles. The largest absolute Gasteiger partial charge is 0.481 e. The van der Waals surface area contributed by atoms with Crippen LogP contribution in [0.15, 0.2) is 0 Å². The molecule has 0 fully saturated rings. The van der Waals surface area contributed by atoms with E-state index in [4.69, 9.17) is 10.8 Å². The van der Waals surface area contributed by atoms with Crippen molar-refractivity contribution in [3.63, 3.8) is 0 Å². The van der Waals surface area contributed by atoms with Crippen molar-refractivity contribution in [1.82, 2.24) is 16.0 Å². The molecule has 31 heavy (non-hydrogen) atoms. The lowest BCUT2D eigenvalue weighted by atomic mass is 10.0. The van der Waals surface area contributed by atoms with Crippen molar-refractivity contribution in [3.05, 3.63) is 0 Å². The van der Waals surface area contributed by atoms with E-state index < -0.39 is 66.9 Å². The molecular formula is C19H34N4O8. The van der Waals surface area contributed by atoms with Crippen molar-refractivity contribution in [1.29, 1.82) is 0 Å². The van der Waals surface area contributed by atoms with E-state index in [0.717, 1.165) is 0 Å². The summed E-state index contributed by atoms with van der Waals surface area (Å²) in [5.41, 5.74) is 5.74. The van der Waals surface area contributed by atoms with Crippen LogP contribution in [0.5, 0.6) is 0 Å². The van der Waals surface area contributed by atoms with Crippen LogP contribution in [0.2, 0.25) is 0 Å². The first-order valence-corrected chi connectivity index (χ1v) is 10.0. The summed E-state index contributed by atoms with van der Waals surface area (Å²) < 4.78 is 0. The van der Waals surface area contributed by atoms with E-state index in [0.29, 0.717) is 0 Å². The first-order valence-electron chi connectivity index (χ1n) is 10.0. The second kappa shape index (κ2) is 13.5. The number of aliphatic hydroxyl groups excluding tert-OH is 1. The van der Waals surface area contributed by atoms with Crippen LogP contribution >= 0.6 is 0 Å². The minimum Gasteiger partial charge on any atom is -0.481 e. The zero-order chi connectivity index (χ0) is 24.3. The Labute approximate surface area is 180 Å². The van der Waals surface area contributed by atoms with Gasteiger partial charge in [-0.3, -0.25) is 19.2 Å². The number of rotatable bonds is 14. The van der Waals surface area contributed by atoms with Crippen LogP contribution in [0, 0.1) is 11.8 Å². The van der Waals surface area contributed by atoms with Crippen LogP contribution in [0.4, 0.5) is 0 Å². The van der Waals surface area contributed by atoms with Gasteiger partial charge in [-0.1, -0.05) is 27.7 Å².